The highest BCUT2D eigenvalue weighted by molar-refractivity contribution is 7.80. The molecule has 0 aliphatic carbocycles. The van der Waals surface area contributed by atoms with Gasteiger partial charge in [0.15, 0.2) is 10.7 Å². The first-order valence-corrected chi connectivity index (χ1v) is 13.0. The minimum Gasteiger partial charge on any atom is -0.436 e. The number of nitro groups is 1. The molecule has 5 rings (SSSR count). The first-order valence-electron chi connectivity index (χ1n) is 12.2. The number of thiocarbonyl (C=S) groups is 1. The van der Waals surface area contributed by atoms with Crippen LogP contribution in [0.25, 0.3) is 22.6 Å². The SMILES string of the molecule is CCc1ccc2oc(-c3cc(NC(=S)NC(=O)c4cc([N+](=O)[O-])ccc4N4CCOCC4)ccc3Cl)nc2c1. The van der Waals surface area contributed by atoms with Gasteiger partial charge in [-0.3, -0.25) is 20.2 Å². The maximum Gasteiger partial charge on any atom is 0.270 e. The number of carbonyl (C=O) groups excluding carboxylic acids is 1. The summed E-state index contributed by atoms with van der Waals surface area (Å²) in [5, 5.41) is 17.4. The number of ether oxygens (including phenoxy) is 1. The topological polar surface area (TPSA) is 123 Å². The molecule has 3 aromatic carbocycles. The Morgan fingerprint density at radius 2 is 1.95 bits per heavy atom. The van der Waals surface area contributed by atoms with E-state index >= 15 is 0 Å². The number of nitrogens with one attached hydrogen (secondary N) is 2. The number of benzene rings is 3. The molecular formula is C27H24ClN5O5S. The summed E-state index contributed by atoms with van der Waals surface area (Å²) < 4.78 is 11.3. The van der Waals surface area contributed by atoms with Crippen molar-refractivity contribution in [3.05, 3.63) is 80.9 Å². The number of halogens is 1. The lowest BCUT2D eigenvalue weighted by Gasteiger charge is -2.30. The van der Waals surface area contributed by atoms with E-state index in [1.54, 1.807) is 24.3 Å². The van der Waals surface area contributed by atoms with Crippen LogP contribution in [0.2, 0.25) is 5.02 Å². The number of amides is 1. The molecule has 1 aliphatic rings. The lowest BCUT2D eigenvalue weighted by atomic mass is 10.1. The molecular weight excluding hydrogens is 542 g/mol. The van der Waals surface area contributed by atoms with Gasteiger partial charge in [0, 0.05) is 30.9 Å². The minimum atomic E-state index is -0.572. The lowest BCUT2D eigenvalue weighted by molar-refractivity contribution is -0.384. The third kappa shape index (κ3) is 5.85. The molecule has 12 heteroatoms. The number of nitro benzene ring substituents is 1. The van der Waals surface area contributed by atoms with Crippen LogP contribution in [0.1, 0.15) is 22.8 Å². The van der Waals surface area contributed by atoms with Gasteiger partial charge in [-0.2, -0.15) is 0 Å². The molecule has 0 radical (unpaired) electrons. The van der Waals surface area contributed by atoms with Crippen molar-refractivity contribution in [2.75, 3.05) is 36.5 Å². The van der Waals surface area contributed by atoms with Gasteiger partial charge >= 0.3 is 0 Å². The summed E-state index contributed by atoms with van der Waals surface area (Å²) in [5.41, 5.74) is 4.14. The van der Waals surface area contributed by atoms with E-state index in [9.17, 15) is 14.9 Å². The van der Waals surface area contributed by atoms with Gasteiger partial charge in [-0.05, 0) is 60.6 Å². The summed E-state index contributed by atoms with van der Waals surface area (Å²) in [6, 6.07) is 15.1. The van der Waals surface area contributed by atoms with Crippen LogP contribution >= 0.6 is 23.8 Å². The third-order valence-electron chi connectivity index (χ3n) is 6.33. The van der Waals surface area contributed by atoms with Crippen LogP contribution in [0.3, 0.4) is 0 Å². The first kappa shape index (κ1) is 26.5. The predicted molar refractivity (Wildman–Crippen MR) is 154 cm³/mol. The zero-order chi connectivity index (χ0) is 27.5. The largest absolute Gasteiger partial charge is 0.436 e. The number of non-ortho nitro benzene ring substituents is 1. The van der Waals surface area contributed by atoms with Crippen molar-refractivity contribution < 1.29 is 18.9 Å². The summed E-state index contributed by atoms with van der Waals surface area (Å²) in [6.07, 6.45) is 0.881. The molecule has 0 atom stereocenters. The number of rotatable bonds is 6. The molecule has 200 valence electrons. The van der Waals surface area contributed by atoms with Gasteiger partial charge < -0.3 is 19.4 Å². The Labute approximate surface area is 234 Å². The van der Waals surface area contributed by atoms with Gasteiger partial charge in [0.25, 0.3) is 11.6 Å². The second-order valence-electron chi connectivity index (χ2n) is 8.84. The quantitative estimate of drug-likeness (QED) is 0.175. The van der Waals surface area contributed by atoms with Crippen molar-refractivity contribution in [1.29, 1.82) is 0 Å². The van der Waals surface area contributed by atoms with Crippen LogP contribution in [0.5, 0.6) is 0 Å². The zero-order valence-corrected chi connectivity index (χ0v) is 22.5. The Morgan fingerprint density at radius 3 is 2.69 bits per heavy atom. The van der Waals surface area contributed by atoms with Crippen LogP contribution in [0, 0.1) is 10.1 Å². The number of morpholine rings is 1. The Hall–Kier alpha value is -4.06. The molecule has 1 aliphatic heterocycles. The minimum absolute atomic E-state index is 0.0119. The fraction of sp³-hybridized carbons (Fsp3) is 0.222. The summed E-state index contributed by atoms with van der Waals surface area (Å²) in [6.45, 7) is 4.18. The highest BCUT2D eigenvalue weighted by Crippen LogP contribution is 2.33. The molecule has 0 unspecified atom stereocenters. The van der Waals surface area contributed by atoms with Crippen molar-refractivity contribution in [2.24, 2.45) is 0 Å². The van der Waals surface area contributed by atoms with Crippen molar-refractivity contribution in [3.63, 3.8) is 0 Å². The first-order chi connectivity index (χ1) is 18.8. The normalized spacial score (nSPS) is 13.3. The number of nitrogens with zero attached hydrogens (tertiary/aromatic N) is 3. The zero-order valence-electron chi connectivity index (χ0n) is 20.9. The highest BCUT2D eigenvalue weighted by atomic mass is 35.5. The molecule has 1 fully saturated rings. The van der Waals surface area contributed by atoms with Gasteiger partial charge in [-0.15, -0.1) is 0 Å². The van der Waals surface area contributed by atoms with Crippen molar-refractivity contribution >= 4 is 63.0 Å². The van der Waals surface area contributed by atoms with E-state index in [0.29, 0.717) is 59.7 Å². The molecule has 0 saturated carbocycles. The Kier molecular flexibility index (Phi) is 7.73. The summed E-state index contributed by atoms with van der Waals surface area (Å²) in [7, 11) is 0. The molecule has 2 heterocycles. The van der Waals surface area contributed by atoms with Gasteiger partial charge in [-0.25, -0.2) is 4.98 Å². The Morgan fingerprint density at radius 1 is 1.15 bits per heavy atom. The Bertz CT molecular complexity index is 1580. The Balaban J connectivity index is 1.35. The van der Waals surface area contributed by atoms with Gasteiger partial charge in [0.1, 0.15) is 5.52 Å². The highest BCUT2D eigenvalue weighted by Gasteiger charge is 2.23. The molecule has 0 spiro atoms. The van der Waals surface area contributed by atoms with E-state index in [4.69, 9.17) is 33.0 Å². The van der Waals surface area contributed by atoms with E-state index in [0.717, 1.165) is 17.5 Å². The molecule has 2 N–H and O–H groups in total. The van der Waals surface area contributed by atoms with E-state index in [2.05, 4.69) is 22.5 Å². The van der Waals surface area contributed by atoms with Gasteiger partial charge in [0.2, 0.25) is 5.89 Å². The molecule has 1 saturated heterocycles. The molecule has 1 amide bonds. The number of fused-ring (bicyclic) bond motifs is 1. The van der Waals surface area contributed by atoms with E-state index < -0.39 is 10.8 Å². The van der Waals surface area contributed by atoms with E-state index in [1.165, 1.54) is 12.1 Å². The van der Waals surface area contributed by atoms with E-state index in [-0.39, 0.29) is 16.4 Å². The van der Waals surface area contributed by atoms with Gasteiger partial charge in [0.05, 0.1) is 40.0 Å². The summed E-state index contributed by atoms with van der Waals surface area (Å²) in [4.78, 5) is 30.6. The number of oxazole rings is 1. The summed E-state index contributed by atoms with van der Waals surface area (Å²) >= 11 is 11.8. The molecule has 0 bridgehead atoms. The van der Waals surface area contributed by atoms with Crippen LogP contribution < -0.4 is 15.5 Å². The fourth-order valence-electron chi connectivity index (χ4n) is 4.31. The van der Waals surface area contributed by atoms with Crippen molar-refractivity contribution in [1.82, 2.24) is 10.3 Å². The second-order valence-corrected chi connectivity index (χ2v) is 9.65. The maximum atomic E-state index is 13.2. The summed E-state index contributed by atoms with van der Waals surface area (Å²) in [5.74, 6) is -0.217. The molecule has 39 heavy (non-hydrogen) atoms. The monoisotopic (exact) mass is 565 g/mol. The van der Waals surface area contributed by atoms with Crippen molar-refractivity contribution in [2.45, 2.75) is 13.3 Å². The molecule has 10 nitrogen and oxygen atoms in total. The van der Waals surface area contributed by atoms with Crippen LogP contribution in [0.15, 0.2) is 59.0 Å². The van der Waals surface area contributed by atoms with Crippen molar-refractivity contribution in [3.8, 4) is 11.5 Å². The van der Waals surface area contributed by atoms with Crippen LogP contribution in [0.4, 0.5) is 17.1 Å². The van der Waals surface area contributed by atoms with Crippen LogP contribution in [-0.4, -0.2) is 47.2 Å². The predicted octanol–water partition coefficient (Wildman–Crippen LogP) is 5.58. The number of hydrogen-bond acceptors (Lipinski definition) is 8. The van der Waals surface area contributed by atoms with Crippen LogP contribution in [-0.2, 0) is 11.2 Å². The molecule has 4 aromatic rings. The second kappa shape index (κ2) is 11.4. The fourth-order valence-corrected chi connectivity index (χ4v) is 4.72. The number of aromatic nitrogens is 1. The lowest BCUT2D eigenvalue weighted by Crippen LogP contribution is -2.39. The number of aryl methyl sites for hydroxylation is 1. The average Bonchev–Trinajstić information content (AvgIpc) is 3.37. The maximum absolute atomic E-state index is 13.2. The molecule has 1 aromatic heterocycles. The van der Waals surface area contributed by atoms with Gasteiger partial charge in [-0.1, -0.05) is 24.6 Å². The number of anilines is 2. The smallest absolute Gasteiger partial charge is 0.270 e. The average molecular weight is 566 g/mol. The number of carbonyl (C=O) groups is 1. The standard InChI is InChI=1S/C27H24ClN5O5S/c1-2-16-3-8-24-22(13-16)30-26(38-24)19-14-17(4-6-21(19)28)29-27(39)31-25(34)20-15-18(33(35)36)5-7-23(20)32-9-11-37-12-10-32/h3-8,13-15H,2,9-12H2,1H3,(H2,29,31,34,39). The third-order valence-corrected chi connectivity index (χ3v) is 6.86. The van der Waals surface area contributed by atoms with E-state index in [1.807, 2.05) is 23.1 Å². The number of hydrogen-bond donors (Lipinski definition) is 2.